The molecule has 3 N–H and O–H groups in total. The van der Waals surface area contributed by atoms with Gasteiger partial charge in [0.15, 0.2) is 5.13 Å². The van der Waals surface area contributed by atoms with Crippen molar-refractivity contribution in [2.45, 2.75) is 25.8 Å². The molecule has 20 heavy (non-hydrogen) atoms. The predicted octanol–water partition coefficient (Wildman–Crippen LogP) is 2.55. The molecule has 1 amide bonds. The van der Waals surface area contributed by atoms with E-state index in [1.807, 2.05) is 6.07 Å². The van der Waals surface area contributed by atoms with Crippen molar-refractivity contribution in [3.05, 3.63) is 46.7 Å². The molecule has 0 spiro atoms. The second-order valence-corrected chi connectivity index (χ2v) is 5.78. The Labute approximate surface area is 120 Å². The van der Waals surface area contributed by atoms with Crippen LogP contribution in [0.15, 0.2) is 30.5 Å². The van der Waals surface area contributed by atoms with Gasteiger partial charge >= 0.3 is 0 Å². The molecule has 1 atom stereocenters. The predicted molar refractivity (Wildman–Crippen MR) is 78.2 cm³/mol. The van der Waals surface area contributed by atoms with Crippen molar-refractivity contribution in [1.82, 2.24) is 4.98 Å². The molecule has 0 radical (unpaired) electrons. The summed E-state index contributed by atoms with van der Waals surface area (Å²) < 4.78 is 13.1. The molecule has 1 unspecified atom stereocenters. The number of rotatable bonds is 5. The van der Waals surface area contributed by atoms with Crippen molar-refractivity contribution < 1.29 is 9.18 Å². The SMILES string of the molecule is CC(N)CC(=O)Nc1ncc(Cc2cccc(F)c2)s1. The van der Waals surface area contributed by atoms with Crippen molar-refractivity contribution in [2.24, 2.45) is 5.73 Å². The molecule has 6 heteroatoms. The zero-order chi connectivity index (χ0) is 14.5. The van der Waals surface area contributed by atoms with Crippen LogP contribution in [0.4, 0.5) is 9.52 Å². The van der Waals surface area contributed by atoms with Crippen molar-refractivity contribution in [3.63, 3.8) is 0 Å². The topological polar surface area (TPSA) is 68.0 Å². The minimum atomic E-state index is -0.252. The number of hydrogen-bond donors (Lipinski definition) is 2. The lowest BCUT2D eigenvalue weighted by atomic mass is 10.1. The zero-order valence-electron chi connectivity index (χ0n) is 11.1. The van der Waals surface area contributed by atoms with E-state index in [4.69, 9.17) is 5.73 Å². The Hall–Kier alpha value is -1.79. The van der Waals surface area contributed by atoms with Crippen LogP contribution in [-0.2, 0) is 11.2 Å². The van der Waals surface area contributed by atoms with Gasteiger partial charge in [-0.3, -0.25) is 4.79 Å². The highest BCUT2D eigenvalue weighted by atomic mass is 32.1. The summed E-state index contributed by atoms with van der Waals surface area (Å²) in [6.07, 6.45) is 2.55. The summed E-state index contributed by atoms with van der Waals surface area (Å²) in [5.41, 5.74) is 6.43. The third-order valence-corrected chi connectivity index (χ3v) is 3.49. The van der Waals surface area contributed by atoms with E-state index >= 15 is 0 Å². The highest BCUT2D eigenvalue weighted by Crippen LogP contribution is 2.21. The number of halogens is 1. The Morgan fingerprint density at radius 3 is 3.05 bits per heavy atom. The van der Waals surface area contributed by atoms with Crippen molar-refractivity contribution in [1.29, 1.82) is 0 Å². The van der Waals surface area contributed by atoms with Crippen molar-refractivity contribution in [2.75, 3.05) is 5.32 Å². The van der Waals surface area contributed by atoms with Crippen LogP contribution in [-0.4, -0.2) is 16.9 Å². The first kappa shape index (κ1) is 14.6. The van der Waals surface area contributed by atoms with Gasteiger partial charge in [-0.15, -0.1) is 11.3 Å². The second kappa shape index (κ2) is 6.58. The average Bonchev–Trinajstić information content (AvgIpc) is 2.75. The average molecular weight is 293 g/mol. The van der Waals surface area contributed by atoms with E-state index < -0.39 is 0 Å². The summed E-state index contributed by atoms with van der Waals surface area (Å²) in [6, 6.07) is 6.26. The molecule has 2 rings (SSSR count). The summed E-state index contributed by atoms with van der Waals surface area (Å²) in [6.45, 7) is 1.77. The van der Waals surface area contributed by atoms with Gasteiger partial charge < -0.3 is 11.1 Å². The lowest BCUT2D eigenvalue weighted by Crippen LogP contribution is -2.23. The van der Waals surface area contributed by atoms with Crippen LogP contribution >= 0.6 is 11.3 Å². The van der Waals surface area contributed by atoms with Gasteiger partial charge in [0.2, 0.25) is 5.91 Å². The number of thiazole rings is 1. The van der Waals surface area contributed by atoms with E-state index in [-0.39, 0.29) is 24.2 Å². The monoisotopic (exact) mass is 293 g/mol. The van der Waals surface area contributed by atoms with E-state index in [9.17, 15) is 9.18 Å². The first-order valence-electron chi connectivity index (χ1n) is 6.27. The molecular formula is C14H16FN3OS. The number of nitrogens with zero attached hydrogens (tertiary/aromatic N) is 1. The maximum atomic E-state index is 13.1. The number of nitrogens with two attached hydrogens (primary N) is 1. The zero-order valence-corrected chi connectivity index (χ0v) is 11.9. The van der Waals surface area contributed by atoms with E-state index in [0.29, 0.717) is 11.6 Å². The van der Waals surface area contributed by atoms with Crippen LogP contribution in [0.5, 0.6) is 0 Å². The Balaban J connectivity index is 1.97. The molecular weight excluding hydrogens is 277 g/mol. The van der Waals surface area contributed by atoms with Crippen LogP contribution in [0.3, 0.4) is 0 Å². The van der Waals surface area contributed by atoms with Gasteiger partial charge in [-0.05, 0) is 24.6 Å². The van der Waals surface area contributed by atoms with E-state index in [0.717, 1.165) is 10.4 Å². The number of hydrogen-bond acceptors (Lipinski definition) is 4. The largest absolute Gasteiger partial charge is 0.327 e. The molecule has 0 fully saturated rings. The third kappa shape index (κ3) is 4.40. The summed E-state index contributed by atoms with van der Waals surface area (Å²) in [5.74, 6) is -0.399. The lowest BCUT2D eigenvalue weighted by molar-refractivity contribution is -0.116. The van der Waals surface area contributed by atoms with E-state index in [1.165, 1.54) is 23.5 Å². The fourth-order valence-electron chi connectivity index (χ4n) is 1.76. The molecule has 0 bridgehead atoms. The van der Waals surface area contributed by atoms with Gasteiger partial charge in [-0.1, -0.05) is 12.1 Å². The fourth-order valence-corrected chi connectivity index (χ4v) is 2.62. The number of benzene rings is 1. The van der Waals surface area contributed by atoms with Crippen LogP contribution in [0.1, 0.15) is 23.8 Å². The van der Waals surface area contributed by atoms with Gasteiger partial charge in [-0.2, -0.15) is 0 Å². The number of nitrogens with one attached hydrogen (secondary N) is 1. The molecule has 0 aliphatic rings. The van der Waals surface area contributed by atoms with Gasteiger partial charge in [-0.25, -0.2) is 9.37 Å². The lowest BCUT2D eigenvalue weighted by Gasteiger charge is -2.03. The second-order valence-electron chi connectivity index (χ2n) is 4.67. The number of carbonyl (C=O) groups excluding carboxylic acids is 1. The summed E-state index contributed by atoms with van der Waals surface area (Å²) >= 11 is 1.38. The van der Waals surface area contributed by atoms with E-state index in [1.54, 1.807) is 19.2 Å². The van der Waals surface area contributed by atoms with Crippen molar-refractivity contribution >= 4 is 22.4 Å². The molecule has 1 aromatic carbocycles. The minimum absolute atomic E-state index is 0.147. The maximum Gasteiger partial charge on any atom is 0.227 e. The molecule has 2 aromatic rings. The smallest absolute Gasteiger partial charge is 0.227 e. The standard InChI is InChI=1S/C14H16FN3OS/c1-9(16)5-13(19)18-14-17-8-12(20-14)7-10-3-2-4-11(15)6-10/h2-4,6,8-9H,5,7,16H2,1H3,(H,17,18,19). The van der Waals surface area contributed by atoms with Gasteiger partial charge in [0.05, 0.1) is 0 Å². The van der Waals surface area contributed by atoms with Gasteiger partial charge in [0.1, 0.15) is 5.82 Å². The maximum absolute atomic E-state index is 13.1. The summed E-state index contributed by atoms with van der Waals surface area (Å²) in [7, 11) is 0. The Morgan fingerprint density at radius 2 is 2.35 bits per heavy atom. The number of amides is 1. The van der Waals surface area contributed by atoms with Crippen LogP contribution in [0.2, 0.25) is 0 Å². The molecule has 4 nitrogen and oxygen atoms in total. The highest BCUT2D eigenvalue weighted by Gasteiger charge is 2.09. The number of aromatic nitrogens is 1. The van der Waals surface area contributed by atoms with Gasteiger partial charge in [0, 0.05) is 30.0 Å². The van der Waals surface area contributed by atoms with E-state index in [2.05, 4.69) is 10.3 Å². The molecule has 0 aliphatic heterocycles. The van der Waals surface area contributed by atoms with Crippen molar-refractivity contribution in [3.8, 4) is 0 Å². The van der Waals surface area contributed by atoms with Crippen LogP contribution in [0.25, 0.3) is 0 Å². The molecule has 1 heterocycles. The number of anilines is 1. The summed E-state index contributed by atoms with van der Waals surface area (Å²) in [5, 5.41) is 3.25. The number of carbonyl (C=O) groups is 1. The Kier molecular flexibility index (Phi) is 4.81. The van der Waals surface area contributed by atoms with Crippen LogP contribution in [0, 0.1) is 5.82 Å². The minimum Gasteiger partial charge on any atom is -0.327 e. The molecule has 1 aromatic heterocycles. The fraction of sp³-hybridized carbons (Fsp3) is 0.286. The van der Waals surface area contributed by atoms with Crippen LogP contribution < -0.4 is 11.1 Å². The third-order valence-electron chi connectivity index (χ3n) is 2.57. The molecule has 0 saturated carbocycles. The molecule has 0 aliphatic carbocycles. The quantitative estimate of drug-likeness (QED) is 0.890. The summed E-state index contributed by atoms with van der Waals surface area (Å²) in [4.78, 5) is 16.7. The Bertz CT molecular complexity index is 598. The molecule has 0 saturated heterocycles. The highest BCUT2D eigenvalue weighted by molar-refractivity contribution is 7.15. The van der Waals surface area contributed by atoms with Gasteiger partial charge in [0.25, 0.3) is 0 Å². The molecule has 106 valence electrons. The normalized spacial score (nSPS) is 12.2. The first-order chi connectivity index (χ1) is 9.52. The first-order valence-corrected chi connectivity index (χ1v) is 7.09. The Morgan fingerprint density at radius 1 is 1.55 bits per heavy atom.